The second-order valence-electron chi connectivity index (χ2n) is 7.23. The van der Waals surface area contributed by atoms with Crippen LogP contribution in [0.15, 0.2) is 0 Å². The number of unbranched alkanes of at least 4 members (excludes halogenated alkanes) is 4. The minimum absolute atomic E-state index is 0. The molecule has 0 amide bonds. The number of aliphatic hydroxyl groups excluding tert-OH is 2. The molecule has 10 nitrogen and oxygen atoms in total. The van der Waals surface area contributed by atoms with E-state index in [0.717, 1.165) is 38.5 Å². The average Bonchev–Trinajstić information content (AvgIpc) is 2.62. The van der Waals surface area contributed by atoms with Crippen LogP contribution >= 0.6 is 0 Å². The van der Waals surface area contributed by atoms with Crippen molar-refractivity contribution in [3.8, 4) is 0 Å². The first-order valence-corrected chi connectivity index (χ1v) is 13.7. The van der Waals surface area contributed by atoms with E-state index in [1.807, 2.05) is 0 Å². The summed E-state index contributed by atoms with van der Waals surface area (Å²) in [6, 6.07) is 0. The van der Waals surface area contributed by atoms with Crippen LogP contribution in [-0.4, -0.2) is 124 Å². The normalized spacial score (nSPS) is 13.6. The summed E-state index contributed by atoms with van der Waals surface area (Å²) in [5.41, 5.74) is 0. The number of hydrogen-bond acceptors (Lipinski definition) is 10. The minimum Gasteiger partial charge on any atom is -0.748 e. The van der Waals surface area contributed by atoms with E-state index in [-0.39, 0.29) is 50.8 Å². The van der Waals surface area contributed by atoms with E-state index in [1.165, 1.54) is 0 Å². The van der Waals surface area contributed by atoms with Crippen LogP contribution in [0.4, 0.5) is 0 Å². The van der Waals surface area contributed by atoms with Crippen LogP contribution in [0.25, 0.3) is 0 Å². The zero-order valence-corrected chi connectivity index (χ0v) is 22.8. The SMILES string of the molecule is CCCCCC(O)CNCCS(=O)(=O)[O-].CCCCCC(O)CNCCS(=O)(=O)[O-].[Ca+2]. The maximum absolute atomic E-state index is 10.2. The van der Waals surface area contributed by atoms with E-state index in [2.05, 4.69) is 24.5 Å². The fourth-order valence-corrected chi connectivity index (χ4v) is 3.18. The summed E-state index contributed by atoms with van der Waals surface area (Å²) < 4.78 is 61.4. The maximum atomic E-state index is 10.2. The topological polar surface area (TPSA) is 179 Å². The quantitative estimate of drug-likeness (QED) is 0.108. The van der Waals surface area contributed by atoms with Gasteiger partial charge in [0.2, 0.25) is 0 Å². The number of aliphatic hydroxyl groups is 2. The Morgan fingerprint density at radius 3 is 1.29 bits per heavy atom. The van der Waals surface area contributed by atoms with Gasteiger partial charge in [-0.15, -0.1) is 0 Å². The van der Waals surface area contributed by atoms with Crippen molar-refractivity contribution in [2.45, 2.75) is 77.4 Å². The standard InChI is InChI=1S/2C9H21NO4S.Ca/c2*1-2-3-4-5-9(11)8-10-6-7-15(12,13)14;/h2*9-11H,2-8H2,1H3,(H,12,13,14);/q;;+2/p-2. The van der Waals surface area contributed by atoms with Crippen LogP contribution in [0.1, 0.15) is 65.2 Å². The van der Waals surface area contributed by atoms with Gasteiger partial charge in [0.15, 0.2) is 0 Å². The van der Waals surface area contributed by atoms with E-state index in [1.54, 1.807) is 0 Å². The van der Waals surface area contributed by atoms with Crippen molar-refractivity contribution in [3.05, 3.63) is 0 Å². The fourth-order valence-electron chi connectivity index (χ4n) is 2.40. The Morgan fingerprint density at radius 2 is 1.03 bits per heavy atom. The van der Waals surface area contributed by atoms with Gasteiger partial charge in [0.1, 0.15) is 0 Å². The monoisotopic (exact) mass is 516 g/mol. The summed E-state index contributed by atoms with van der Waals surface area (Å²) in [6.45, 7) is 5.08. The molecule has 0 spiro atoms. The number of hydrogen-bond donors (Lipinski definition) is 4. The molecule has 4 N–H and O–H groups in total. The van der Waals surface area contributed by atoms with Gasteiger partial charge in [-0.1, -0.05) is 52.4 Å². The van der Waals surface area contributed by atoms with Crippen LogP contribution in [-0.2, 0) is 20.2 Å². The Hall–Kier alpha value is 0.920. The molecule has 0 bridgehead atoms. The molecule has 0 radical (unpaired) electrons. The van der Waals surface area contributed by atoms with Crippen LogP contribution in [0, 0.1) is 0 Å². The van der Waals surface area contributed by atoms with E-state index >= 15 is 0 Å². The predicted molar refractivity (Wildman–Crippen MR) is 121 cm³/mol. The summed E-state index contributed by atoms with van der Waals surface area (Å²) in [6.07, 6.45) is 6.85. The minimum atomic E-state index is -4.14. The van der Waals surface area contributed by atoms with Gasteiger partial charge in [0.25, 0.3) is 0 Å². The summed E-state index contributed by atoms with van der Waals surface area (Å²) in [4.78, 5) is 0. The molecule has 0 aromatic carbocycles. The molecule has 31 heavy (non-hydrogen) atoms. The molecule has 0 saturated carbocycles. The van der Waals surface area contributed by atoms with Gasteiger partial charge in [-0.2, -0.15) is 0 Å². The average molecular weight is 517 g/mol. The maximum Gasteiger partial charge on any atom is 2.00 e. The molecule has 0 aliphatic heterocycles. The predicted octanol–water partition coefficient (Wildman–Crippen LogP) is -0.256. The summed E-state index contributed by atoms with van der Waals surface area (Å²) in [7, 11) is -8.27. The molecule has 184 valence electrons. The second kappa shape index (κ2) is 22.7. The molecule has 0 saturated heterocycles. The van der Waals surface area contributed by atoms with Crippen molar-refractivity contribution in [2.75, 3.05) is 37.7 Å². The first-order chi connectivity index (χ1) is 13.9. The molecule has 0 heterocycles. The van der Waals surface area contributed by atoms with Crippen molar-refractivity contribution in [3.63, 3.8) is 0 Å². The zero-order chi connectivity index (χ0) is 23.5. The third-order valence-corrected chi connectivity index (χ3v) is 5.51. The van der Waals surface area contributed by atoms with E-state index in [9.17, 15) is 36.2 Å². The van der Waals surface area contributed by atoms with Crippen LogP contribution in [0.2, 0.25) is 0 Å². The molecule has 0 aromatic heterocycles. The molecular weight excluding hydrogens is 476 g/mol. The Labute approximate surface area is 218 Å². The van der Waals surface area contributed by atoms with E-state index in [4.69, 9.17) is 0 Å². The Balaban J connectivity index is -0.000000490. The molecule has 0 aromatic rings. The van der Waals surface area contributed by atoms with Crippen molar-refractivity contribution in [2.24, 2.45) is 0 Å². The summed E-state index contributed by atoms with van der Waals surface area (Å²) in [5.74, 6) is -0.844. The molecule has 0 aliphatic rings. The van der Waals surface area contributed by atoms with Gasteiger partial charge < -0.3 is 30.0 Å². The van der Waals surface area contributed by atoms with Gasteiger partial charge in [0, 0.05) is 26.2 Å². The van der Waals surface area contributed by atoms with E-state index in [0.29, 0.717) is 25.9 Å². The van der Waals surface area contributed by atoms with Gasteiger partial charge in [-0.3, -0.25) is 0 Å². The Bertz CT molecular complexity index is 539. The molecular formula is C18H40CaN2O8S2. The Kier molecular flexibility index (Phi) is 26.7. The Morgan fingerprint density at radius 1 is 0.710 bits per heavy atom. The first kappa shape index (κ1) is 36.5. The van der Waals surface area contributed by atoms with Crippen LogP contribution < -0.4 is 10.6 Å². The number of rotatable bonds is 18. The van der Waals surface area contributed by atoms with Crippen LogP contribution in [0.3, 0.4) is 0 Å². The van der Waals surface area contributed by atoms with Gasteiger partial charge >= 0.3 is 37.7 Å². The molecule has 0 rings (SSSR count). The molecule has 13 heteroatoms. The van der Waals surface area contributed by atoms with Gasteiger partial charge in [-0.25, -0.2) is 16.8 Å². The smallest absolute Gasteiger partial charge is 0.748 e. The third kappa shape index (κ3) is 35.7. The molecule has 2 unspecified atom stereocenters. The van der Waals surface area contributed by atoms with Crippen molar-refractivity contribution in [1.29, 1.82) is 0 Å². The largest absolute Gasteiger partial charge is 2.00 e. The van der Waals surface area contributed by atoms with Crippen LogP contribution in [0.5, 0.6) is 0 Å². The third-order valence-electron chi connectivity index (χ3n) is 4.10. The molecule has 0 fully saturated rings. The van der Waals surface area contributed by atoms with Gasteiger partial charge in [-0.05, 0) is 12.8 Å². The van der Waals surface area contributed by atoms with Crippen molar-refractivity contribution < 1.29 is 36.2 Å². The summed E-state index contributed by atoms with van der Waals surface area (Å²) in [5, 5.41) is 24.3. The fraction of sp³-hybridized carbons (Fsp3) is 1.00. The van der Waals surface area contributed by atoms with Crippen molar-refractivity contribution in [1.82, 2.24) is 10.6 Å². The summed E-state index contributed by atoms with van der Waals surface area (Å²) >= 11 is 0. The molecule has 0 aliphatic carbocycles. The van der Waals surface area contributed by atoms with E-state index < -0.39 is 43.9 Å². The second-order valence-corrected chi connectivity index (χ2v) is 10.3. The number of nitrogens with one attached hydrogen (secondary N) is 2. The van der Waals surface area contributed by atoms with Gasteiger partial charge in [0.05, 0.1) is 43.9 Å². The molecule has 2 atom stereocenters. The first-order valence-electron chi connectivity index (χ1n) is 10.6. The van der Waals surface area contributed by atoms with Crippen molar-refractivity contribution >= 4 is 58.0 Å². The zero-order valence-electron chi connectivity index (χ0n) is 18.9.